The van der Waals surface area contributed by atoms with Crippen LogP contribution in [-0.4, -0.2) is 38.3 Å². The molecule has 0 N–H and O–H groups in total. The van der Waals surface area contributed by atoms with E-state index in [-0.39, 0.29) is 35.5 Å². The van der Waals surface area contributed by atoms with Crippen LogP contribution in [0.4, 0.5) is 8.78 Å². The number of fused-ring (bicyclic) bond motifs is 1. The lowest BCUT2D eigenvalue weighted by molar-refractivity contribution is -0.0468. The van der Waals surface area contributed by atoms with Gasteiger partial charge in [0.25, 0.3) is 5.56 Å². The third kappa shape index (κ3) is 3.87. The highest BCUT2D eigenvalue weighted by atomic mass is 35.5. The molecule has 1 saturated carbocycles. The fourth-order valence-corrected chi connectivity index (χ4v) is 4.33. The number of hydrogen-bond acceptors (Lipinski definition) is 4. The Balaban J connectivity index is 1.53. The summed E-state index contributed by atoms with van der Waals surface area (Å²) < 4.78 is 35.0. The number of rotatable bonds is 4. The highest BCUT2D eigenvalue weighted by molar-refractivity contribution is 6.28. The van der Waals surface area contributed by atoms with Crippen LogP contribution in [0, 0.1) is 5.92 Å². The molecule has 3 heterocycles. The van der Waals surface area contributed by atoms with E-state index in [0.717, 1.165) is 18.7 Å². The normalized spacial score (nSPS) is 21.7. The summed E-state index contributed by atoms with van der Waals surface area (Å²) in [5, 5.41) is 4.49. The van der Waals surface area contributed by atoms with Gasteiger partial charge in [0.15, 0.2) is 5.52 Å². The van der Waals surface area contributed by atoms with E-state index in [1.165, 1.54) is 4.57 Å². The van der Waals surface area contributed by atoms with Gasteiger partial charge in [-0.1, -0.05) is 0 Å². The zero-order valence-electron chi connectivity index (χ0n) is 15.0. The van der Waals surface area contributed by atoms with E-state index in [4.69, 9.17) is 16.3 Å². The van der Waals surface area contributed by atoms with E-state index in [9.17, 15) is 13.6 Å². The zero-order valence-corrected chi connectivity index (χ0v) is 15.8. The van der Waals surface area contributed by atoms with Gasteiger partial charge in [-0.05, 0) is 49.6 Å². The number of hydrogen-bond donors (Lipinski definition) is 0. The van der Waals surface area contributed by atoms with Crippen molar-refractivity contribution in [3.63, 3.8) is 0 Å². The summed E-state index contributed by atoms with van der Waals surface area (Å²) in [7, 11) is 0. The molecule has 9 heteroatoms. The largest absolute Gasteiger partial charge is 0.381 e. The Morgan fingerprint density at radius 2 is 1.93 bits per heavy atom. The molecular formula is C18H23ClF2N4O2. The number of imidazole rings is 1. The first-order valence-electron chi connectivity index (χ1n) is 9.54. The molecule has 1 aliphatic carbocycles. The van der Waals surface area contributed by atoms with Crippen molar-refractivity contribution in [1.82, 2.24) is 19.2 Å². The predicted octanol–water partition coefficient (Wildman–Crippen LogP) is 3.65. The second kappa shape index (κ2) is 7.47. The Hall–Kier alpha value is -1.54. The molecular weight excluding hydrogens is 378 g/mol. The standard InChI is InChI=1S/C18H23ClF2N4O2/c19-17-23-25-14(11-22-15(25)13-4-9-27-10-5-13)16(26)24(17)8-3-12-1-6-18(20,21)7-2-12/h11-13H,1-10H2. The summed E-state index contributed by atoms with van der Waals surface area (Å²) in [6.45, 7) is 1.73. The Kier molecular flexibility index (Phi) is 5.20. The third-order valence-electron chi connectivity index (χ3n) is 5.82. The molecule has 0 amide bonds. The van der Waals surface area contributed by atoms with Crippen LogP contribution in [0.3, 0.4) is 0 Å². The van der Waals surface area contributed by atoms with Crippen LogP contribution in [0.15, 0.2) is 11.0 Å². The molecule has 0 radical (unpaired) electrons. The van der Waals surface area contributed by atoms with Gasteiger partial charge in [0.05, 0.1) is 6.20 Å². The smallest absolute Gasteiger partial charge is 0.280 e. The van der Waals surface area contributed by atoms with Crippen molar-refractivity contribution >= 4 is 17.1 Å². The van der Waals surface area contributed by atoms with Gasteiger partial charge in [0.2, 0.25) is 11.2 Å². The fraction of sp³-hybridized carbons (Fsp3) is 0.722. The lowest BCUT2D eigenvalue weighted by atomic mass is 9.85. The van der Waals surface area contributed by atoms with Gasteiger partial charge in [-0.3, -0.25) is 9.36 Å². The molecule has 27 heavy (non-hydrogen) atoms. The van der Waals surface area contributed by atoms with Gasteiger partial charge in [-0.15, -0.1) is 5.10 Å². The van der Waals surface area contributed by atoms with Crippen molar-refractivity contribution in [1.29, 1.82) is 0 Å². The van der Waals surface area contributed by atoms with Crippen LogP contribution in [0.1, 0.15) is 56.7 Å². The van der Waals surface area contributed by atoms with Crippen LogP contribution in [-0.2, 0) is 11.3 Å². The minimum absolute atomic E-state index is 0.0747. The molecule has 4 rings (SSSR count). The van der Waals surface area contributed by atoms with Crippen LogP contribution in [0.5, 0.6) is 0 Å². The first-order valence-corrected chi connectivity index (χ1v) is 9.92. The van der Waals surface area contributed by atoms with E-state index in [1.54, 1.807) is 10.7 Å². The number of ether oxygens (including phenoxy) is 1. The van der Waals surface area contributed by atoms with Crippen molar-refractivity contribution in [3.05, 3.63) is 27.7 Å². The molecule has 148 valence electrons. The number of halogens is 3. The molecule has 0 spiro atoms. The molecule has 2 aromatic rings. The number of nitrogens with zero attached hydrogens (tertiary/aromatic N) is 4. The fourth-order valence-electron chi connectivity index (χ4n) is 4.10. The Bertz CT molecular complexity index is 866. The lowest BCUT2D eigenvalue weighted by Crippen LogP contribution is -2.28. The molecule has 0 aromatic carbocycles. The van der Waals surface area contributed by atoms with Crippen molar-refractivity contribution in [2.24, 2.45) is 5.92 Å². The predicted molar refractivity (Wildman–Crippen MR) is 96.6 cm³/mol. The lowest BCUT2D eigenvalue weighted by Gasteiger charge is -2.28. The van der Waals surface area contributed by atoms with Crippen molar-refractivity contribution in [3.8, 4) is 0 Å². The third-order valence-corrected chi connectivity index (χ3v) is 6.10. The maximum absolute atomic E-state index is 13.3. The first-order chi connectivity index (χ1) is 12.9. The summed E-state index contributed by atoms with van der Waals surface area (Å²) in [5.41, 5.74) is 0.165. The molecule has 1 aliphatic heterocycles. The SMILES string of the molecule is O=c1c2cnc(C3CCOCC3)n2nc(Cl)n1CCC1CCC(F)(F)CC1. The average Bonchev–Trinajstić information content (AvgIpc) is 3.07. The van der Waals surface area contributed by atoms with Crippen LogP contribution in [0.2, 0.25) is 5.28 Å². The second-order valence-corrected chi connectivity index (χ2v) is 7.95. The molecule has 1 saturated heterocycles. The summed E-state index contributed by atoms with van der Waals surface area (Å²) >= 11 is 6.30. The maximum atomic E-state index is 13.3. The topological polar surface area (TPSA) is 61.4 Å². The van der Waals surface area contributed by atoms with Gasteiger partial charge >= 0.3 is 0 Å². The van der Waals surface area contributed by atoms with Crippen molar-refractivity contribution < 1.29 is 13.5 Å². The highest BCUT2D eigenvalue weighted by Gasteiger charge is 2.34. The van der Waals surface area contributed by atoms with Crippen molar-refractivity contribution in [2.45, 2.75) is 63.3 Å². The monoisotopic (exact) mass is 400 g/mol. The molecule has 0 unspecified atom stereocenters. The van der Waals surface area contributed by atoms with E-state index < -0.39 is 5.92 Å². The molecule has 2 aromatic heterocycles. The van der Waals surface area contributed by atoms with E-state index in [2.05, 4.69) is 10.1 Å². The minimum atomic E-state index is -2.54. The van der Waals surface area contributed by atoms with E-state index in [0.29, 0.717) is 44.5 Å². The molecule has 0 bridgehead atoms. The average molecular weight is 401 g/mol. The number of alkyl halides is 2. The summed E-state index contributed by atoms with van der Waals surface area (Å²) in [5.74, 6) is -1.41. The maximum Gasteiger partial charge on any atom is 0.280 e. The van der Waals surface area contributed by atoms with Gasteiger partial charge in [-0.2, -0.15) is 0 Å². The van der Waals surface area contributed by atoms with Crippen LogP contribution in [0.25, 0.3) is 5.52 Å². The van der Waals surface area contributed by atoms with Crippen LogP contribution >= 0.6 is 11.6 Å². The van der Waals surface area contributed by atoms with Crippen LogP contribution < -0.4 is 5.56 Å². The number of aromatic nitrogens is 4. The Morgan fingerprint density at radius 1 is 1.22 bits per heavy atom. The van der Waals surface area contributed by atoms with Gasteiger partial charge < -0.3 is 4.74 Å². The van der Waals surface area contributed by atoms with Gasteiger partial charge in [-0.25, -0.2) is 18.3 Å². The molecule has 6 nitrogen and oxygen atoms in total. The molecule has 2 aliphatic rings. The quantitative estimate of drug-likeness (QED) is 0.785. The molecule has 0 atom stereocenters. The second-order valence-electron chi connectivity index (χ2n) is 7.61. The van der Waals surface area contributed by atoms with Gasteiger partial charge in [0, 0.05) is 38.5 Å². The first kappa shape index (κ1) is 18.8. The summed E-state index contributed by atoms with van der Waals surface area (Å²) in [4.78, 5) is 17.3. The zero-order chi connectivity index (χ0) is 19.0. The van der Waals surface area contributed by atoms with E-state index in [1.807, 2.05) is 0 Å². The Labute approximate surface area is 160 Å². The summed E-state index contributed by atoms with van der Waals surface area (Å²) in [6.07, 6.45) is 4.69. The minimum Gasteiger partial charge on any atom is -0.381 e. The molecule has 2 fully saturated rings. The van der Waals surface area contributed by atoms with Crippen molar-refractivity contribution in [2.75, 3.05) is 13.2 Å². The van der Waals surface area contributed by atoms with Gasteiger partial charge in [0.1, 0.15) is 5.82 Å². The summed E-state index contributed by atoms with van der Waals surface area (Å²) in [6, 6.07) is 0. The van der Waals surface area contributed by atoms with E-state index >= 15 is 0 Å². The Morgan fingerprint density at radius 3 is 2.63 bits per heavy atom. The highest BCUT2D eigenvalue weighted by Crippen LogP contribution is 2.37.